The number of para-hydroxylation sites is 1. The molecule has 5 rings (SSSR count). The number of benzene rings is 3. The van der Waals surface area contributed by atoms with Gasteiger partial charge >= 0.3 is 0 Å². The van der Waals surface area contributed by atoms with Crippen LogP contribution in [-0.4, -0.2) is 34.8 Å². The first kappa shape index (κ1) is 19.7. The third-order valence-electron chi connectivity index (χ3n) is 5.84. The van der Waals surface area contributed by atoms with Crippen LogP contribution < -0.4 is 5.32 Å². The van der Waals surface area contributed by atoms with Crippen LogP contribution in [0.4, 0.5) is 0 Å². The summed E-state index contributed by atoms with van der Waals surface area (Å²) in [5.41, 5.74) is 1.95. The highest BCUT2D eigenvalue weighted by Gasteiger charge is 2.32. The second-order valence-corrected chi connectivity index (χ2v) is 8.92. The summed E-state index contributed by atoms with van der Waals surface area (Å²) in [6.45, 7) is 0.726. The maximum Gasteiger partial charge on any atom is 0.242 e. The van der Waals surface area contributed by atoms with Gasteiger partial charge in [0.05, 0.1) is 29.2 Å². The van der Waals surface area contributed by atoms with Gasteiger partial charge < -0.3 is 10.2 Å². The molecule has 2 heterocycles. The van der Waals surface area contributed by atoms with Gasteiger partial charge in [-0.15, -0.1) is 11.3 Å². The van der Waals surface area contributed by atoms with Crippen molar-refractivity contribution in [3.8, 4) is 0 Å². The molecule has 2 amide bonds. The average Bonchev–Trinajstić information content (AvgIpc) is 3.44. The van der Waals surface area contributed by atoms with E-state index in [-0.39, 0.29) is 30.8 Å². The van der Waals surface area contributed by atoms with Crippen LogP contribution in [0.2, 0.25) is 0 Å². The summed E-state index contributed by atoms with van der Waals surface area (Å²) in [6.07, 6.45) is 2.13. The molecule has 0 radical (unpaired) electrons. The number of fused-ring (bicyclic) bond motifs is 2. The first-order valence-corrected chi connectivity index (χ1v) is 11.4. The lowest BCUT2D eigenvalue weighted by Crippen LogP contribution is -2.40. The summed E-state index contributed by atoms with van der Waals surface area (Å²) in [5, 5.41) is 5.99. The summed E-state index contributed by atoms with van der Waals surface area (Å²) >= 11 is 1.65. The minimum absolute atomic E-state index is 0.000121. The van der Waals surface area contributed by atoms with E-state index in [9.17, 15) is 9.59 Å². The van der Waals surface area contributed by atoms with Gasteiger partial charge in [-0.3, -0.25) is 9.59 Å². The van der Waals surface area contributed by atoms with E-state index in [4.69, 9.17) is 4.98 Å². The third kappa shape index (κ3) is 4.03. The smallest absolute Gasteiger partial charge is 0.242 e. The van der Waals surface area contributed by atoms with Crippen LogP contribution in [0.15, 0.2) is 66.7 Å². The molecule has 0 spiro atoms. The molecule has 1 aliphatic heterocycles. The van der Waals surface area contributed by atoms with E-state index in [0.29, 0.717) is 6.54 Å². The van der Waals surface area contributed by atoms with Crippen LogP contribution >= 0.6 is 11.3 Å². The molecule has 5 nitrogen and oxygen atoms in total. The Kier molecular flexibility index (Phi) is 5.38. The fraction of sp³-hybridized carbons (Fsp3) is 0.240. The second kappa shape index (κ2) is 8.47. The van der Waals surface area contributed by atoms with E-state index in [0.717, 1.165) is 44.4 Å². The Bertz CT molecular complexity index is 1230. The van der Waals surface area contributed by atoms with Crippen molar-refractivity contribution in [2.24, 2.45) is 0 Å². The molecule has 1 aromatic heterocycles. The Morgan fingerprint density at radius 2 is 1.84 bits per heavy atom. The fourth-order valence-corrected chi connectivity index (χ4v) is 5.43. The molecule has 6 heteroatoms. The van der Waals surface area contributed by atoms with E-state index in [1.807, 2.05) is 65.6 Å². The number of hydrogen-bond acceptors (Lipinski definition) is 4. The maximum atomic E-state index is 12.9. The number of amides is 2. The van der Waals surface area contributed by atoms with Crippen molar-refractivity contribution in [3.63, 3.8) is 0 Å². The van der Waals surface area contributed by atoms with Gasteiger partial charge in [0, 0.05) is 6.54 Å². The molecule has 0 aliphatic carbocycles. The number of rotatable bonds is 5. The number of carbonyl (C=O) groups excluding carboxylic acids is 2. The lowest BCUT2D eigenvalue weighted by atomic mass is 10.0. The van der Waals surface area contributed by atoms with E-state index in [1.54, 1.807) is 11.3 Å². The SMILES string of the molecule is O=C(Cc1cccc2ccccc12)NCC(=O)N1CCCC1c1nc2ccccc2s1. The van der Waals surface area contributed by atoms with Crippen LogP contribution in [-0.2, 0) is 16.0 Å². The Labute approximate surface area is 184 Å². The highest BCUT2D eigenvalue weighted by Crippen LogP contribution is 2.36. The van der Waals surface area contributed by atoms with Crippen LogP contribution in [0.25, 0.3) is 21.0 Å². The van der Waals surface area contributed by atoms with Crippen molar-refractivity contribution < 1.29 is 9.59 Å². The normalized spacial score (nSPS) is 16.1. The standard InChI is InChI=1S/C25H23N3O2S/c29-23(15-18-9-5-8-17-7-1-2-10-19(17)18)26-16-24(30)28-14-6-12-21(28)25-27-20-11-3-4-13-22(20)31-25/h1-5,7-11,13,21H,6,12,14-16H2,(H,26,29). The zero-order chi connectivity index (χ0) is 21.2. The lowest BCUT2D eigenvalue weighted by Gasteiger charge is -2.23. The number of carbonyl (C=O) groups is 2. The first-order chi connectivity index (χ1) is 15.2. The molecular weight excluding hydrogens is 406 g/mol. The highest BCUT2D eigenvalue weighted by atomic mass is 32.1. The monoisotopic (exact) mass is 429 g/mol. The molecule has 0 bridgehead atoms. The summed E-state index contributed by atoms with van der Waals surface area (Å²) in [7, 11) is 0. The van der Waals surface area contributed by atoms with E-state index >= 15 is 0 Å². The molecule has 4 aromatic rings. The van der Waals surface area contributed by atoms with Gasteiger partial charge in [-0.1, -0.05) is 54.6 Å². The molecule has 1 saturated heterocycles. The van der Waals surface area contributed by atoms with Crippen molar-refractivity contribution >= 4 is 44.1 Å². The molecule has 1 aliphatic rings. The maximum absolute atomic E-state index is 12.9. The Morgan fingerprint density at radius 1 is 1.03 bits per heavy atom. The van der Waals surface area contributed by atoms with Gasteiger partial charge in [0.2, 0.25) is 11.8 Å². The van der Waals surface area contributed by atoms with Gasteiger partial charge in [-0.2, -0.15) is 0 Å². The number of hydrogen-bond donors (Lipinski definition) is 1. The highest BCUT2D eigenvalue weighted by molar-refractivity contribution is 7.18. The van der Waals surface area contributed by atoms with Crippen LogP contribution in [0.5, 0.6) is 0 Å². The number of nitrogens with zero attached hydrogens (tertiary/aromatic N) is 2. The predicted molar refractivity (Wildman–Crippen MR) is 124 cm³/mol. The molecule has 0 saturated carbocycles. The van der Waals surface area contributed by atoms with Crippen molar-refractivity contribution in [2.45, 2.75) is 25.3 Å². The topological polar surface area (TPSA) is 62.3 Å². The molecule has 31 heavy (non-hydrogen) atoms. The molecule has 1 unspecified atom stereocenters. The molecule has 1 atom stereocenters. The second-order valence-electron chi connectivity index (χ2n) is 7.86. The van der Waals surface area contributed by atoms with Gasteiger partial charge in [-0.05, 0) is 41.3 Å². The number of thiazole rings is 1. The minimum Gasteiger partial charge on any atom is -0.347 e. The fourth-order valence-electron chi connectivity index (χ4n) is 4.31. The van der Waals surface area contributed by atoms with Crippen molar-refractivity contribution in [3.05, 3.63) is 77.3 Å². The van der Waals surface area contributed by atoms with Crippen molar-refractivity contribution in [1.82, 2.24) is 15.2 Å². The first-order valence-electron chi connectivity index (χ1n) is 10.6. The summed E-state index contributed by atoms with van der Waals surface area (Å²) in [5.74, 6) is -0.187. The molecule has 1 fully saturated rings. The molecular formula is C25H23N3O2S. The van der Waals surface area contributed by atoms with Crippen LogP contribution in [0.3, 0.4) is 0 Å². The Balaban J connectivity index is 1.23. The quantitative estimate of drug-likeness (QED) is 0.509. The van der Waals surface area contributed by atoms with Crippen molar-refractivity contribution in [2.75, 3.05) is 13.1 Å². The third-order valence-corrected chi connectivity index (χ3v) is 6.97. The zero-order valence-electron chi connectivity index (χ0n) is 17.1. The van der Waals surface area contributed by atoms with Crippen LogP contribution in [0.1, 0.15) is 29.5 Å². The van der Waals surface area contributed by atoms with Gasteiger partial charge in [0.25, 0.3) is 0 Å². The predicted octanol–water partition coefficient (Wildman–Crippen LogP) is 4.47. The summed E-state index contributed by atoms with van der Waals surface area (Å²) in [4.78, 5) is 32.1. The molecule has 3 aromatic carbocycles. The summed E-state index contributed by atoms with van der Waals surface area (Å²) in [6, 6.07) is 22.0. The largest absolute Gasteiger partial charge is 0.347 e. The Hall–Kier alpha value is -3.25. The Morgan fingerprint density at radius 3 is 2.74 bits per heavy atom. The lowest BCUT2D eigenvalue weighted by molar-refractivity contribution is -0.133. The van der Waals surface area contributed by atoms with Gasteiger partial charge in [-0.25, -0.2) is 4.98 Å². The number of likely N-dealkylation sites (tertiary alicyclic amines) is 1. The minimum atomic E-state index is -0.138. The van der Waals surface area contributed by atoms with Crippen LogP contribution in [0, 0.1) is 0 Å². The number of nitrogens with one attached hydrogen (secondary N) is 1. The van der Waals surface area contributed by atoms with Crippen molar-refractivity contribution in [1.29, 1.82) is 0 Å². The van der Waals surface area contributed by atoms with E-state index in [2.05, 4.69) is 11.4 Å². The number of aromatic nitrogens is 1. The van der Waals surface area contributed by atoms with E-state index < -0.39 is 0 Å². The van der Waals surface area contributed by atoms with Gasteiger partial charge in [0.15, 0.2) is 0 Å². The average molecular weight is 430 g/mol. The molecule has 156 valence electrons. The van der Waals surface area contributed by atoms with E-state index in [1.165, 1.54) is 0 Å². The zero-order valence-corrected chi connectivity index (χ0v) is 17.9. The molecule has 1 N–H and O–H groups in total. The van der Waals surface area contributed by atoms with Gasteiger partial charge in [0.1, 0.15) is 5.01 Å². The summed E-state index contributed by atoms with van der Waals surface area (Å²) < 4.78 is 1.14.